The van der Waals surface area contributed by atoms with Gasteiger partial charge >= 0.3 is 0 Å². The Morgan fingerprint density at radius 3 is 2.60 bits per heavy atom. The van der Waals surface area contributed by atoms with Crippen LogP contribution >= 0.6 is 0 Å². The average Bonchev–Trinajstić information content (AvgIpc) is 3.02. The van der Waals surface area contributed by atoms with Crippen molar-refractivity contribution in [2.75, 3.05) is 51.9 Å². The second-order valence-electron chi connectivity index (χ2n) is 7.47. The van der Waals surface area contributed by atoms with E-state index in [1.54, 1.807) is 7.05 Å². The van der Waals surface area contributed by atoms with E-state index in [0.717, 1.165) is 56.5 Å². The van der Waals surface area contributed by atoms with Crippen molar-refractivity contribution in [3.05, 3.63) is 53.6 Å². The highest BCUT2D eigenvalue weighted by Gasteiger charge is 2.12. The molecule has 1 fully saturated rings. The zero-order chi connectivity index (χ0) is 20.6. The molecule has 0 amide bonds. The number of aliphatic imine (C=N–C) groups is 1. The number of anilines is 1. The minimum atomic E-state index is 0.671. The molecule has 0 atom stereocenters. The van der Waals surface area contributed by atoms with Crippen LogP contribution in [0.3, 0.4) is 0 Å². The van der Waals surface area contributed by atoms with E-state index in [1.807, 2.05) is 18.2 Å². The van der Waals surface area contributed by atoms with Crippen LogP contribution < -0.4 is 20.1 Å². The SMILES string of the molecule is CN=C(NCc1cccc(CN2CCOCC2)c1)Nc1ccc2c(c1)OCCCO2. The van der Waals surface area contributed by atoms with Gasteiger partial charge in [-0.1, -0.05) is 24.3 Å². The summed E-state index contributed by atoms with van der Waals surface area (Å²) in [5, 5.41) is 6.72. The molecular formula is C23H30N4O3. The van der Waals surface area contributed by atoms with Gasteiger partial charge in [-0.05, 0) is 23.3 Å². The van der Waals surface area contributed by atoms with Crippen LogP contribution in [0.5, 0.6) is 11.5 Å². The van der Waals surface area contributed by atoms with Gasteiger partial charge in [0, 0.05) is 51.4 Å². The highest BCUT2D eigenvalue weighted by atomic mass is 16.5. The van der Waals surface area contributed by atoms with Crippen LogP contribution in [0.2, 0.25) is 0 Å². The second-order valence-corrected chi connectivity index (χ2v) is 7.47. The van der Waals surface area contributed by atoms with Crippen LogP contribution in [0.25, 0.3) is 0 Å². The lowest BCUT2D eigenvalue weighted by molar-refractivity contribution is 0.0342. The normalized spacial score (nSPS) is 17.3. The molecule has 2 aromatic carbocycles. The summed E-state index contributed by atoms with van der Waals surface area (Å²) in [6.45, 7) is 6.65. The number of nitrogens with zero attached hydrogens (tertiary/aromatic N) is 2. The molecule has 0 bridgehead atoms. The van der Waals surface area contributed by atoms with Crippen molar-refractivity contribution in [3.63, 3.8) is 0 Å². The van der Waals surface area contributed by atoms with E-state index in [2.05, 4.69) is 44.8 Å². The van der Waals surface area contributed by atoms with Crippen LogP contribution in [0.15, 0.2) is 47.5 Å². The molecule has 2 aliphatic rings. The summed E-state index contributed by atoms with van der Waals surface area (Å²) in [5.41, 5.74) is 3.46. The molecule has 7 nitrogen and oxygen atoms in total. The van der Waals surface area contributed by atoms with Gasteiger partial charge in [-0.25, -0.2) is 0 Å². The molecule has 2 aromatic rings. The van der Waals surface area contributed by atoms with Crippen LogP contribution in [0, 0.1) is 0 Å². The van der Waals surface area contributed by atoms with Crippen molar-refractivity contribution in [2.24, 2.45) is 4.99 Å². The van der Waals surface area contributed by atoms with Crippen molar-refractivity contribution in [1.29, 1.82) is 0 Å². The molecule has 160 valence electrons. The monoisotopic (exact) mass is 410 g/mol. The van der Waals surface area contributed by atoms with E-state index >= 15 is 0 Å². The molecule has 0 saturated carbocycles. The van der Waals surface area contributed by atoms with Gasteiger partial charge in [0.25, 0.3) is 0 Å². The Morgan fingerprint density at radius 2 is 1.77 bits per heavy atom. The minimum Gasteiger partial charge on any atom is -0.490 e. The first-order chi connectivity index (χ1) is 14.8. The number of fused-ring (bicyclic) bond motifs is 1. The third kappa shape index (κ3) is 5.64. The number of guanidine groups is 1. The van der Waals surface area contributed by atoms with Crippen molar-refractivity contribution in [3.8, 4) is 11.5 Å². The first kappa shape index (κ1) is 20.5. The molecule has 30 heavy (non-hydrogen) atoms. The van der Waals surface area contributed by atoms with Gasteiger partial charge in [-0.15, -0.1) is 0 Å². The molecule has 0 unspecified atom stereocenters. The predicted octanol–water partition coefficient (Wildman–Crippen LogP) is 2.87. The van der Waals surface area contributed by atoms with Gasteiger partial charge in [0.05, 0.1) is 26.4 Å². The van der Waals surface area contributed by atoms with E-state index in [-0.39, 0.29) is 0 Å². The van der Waals surface area contributed by atoms with Crippen LogP contribution in [0.1, 0.15) is 17.5 Å². The minimum absolute atomic E-state index is 0.671. The summed E-state index contributed by atoms with van der Waals surface area (Å²) in [5.74, 6) is 2.27. The Hall–Kier alpha value is -2.77. The summed E-state index contributed by atoms with van der Waals surface area (Å²) < 4.78 is 16.9. The molecule has 1 saturated heterocycles. The molecule has 0 spiro atoms. The fourth-order valence-electron chi connectivity index (χ4n) is 3.60. The van der Waals surface area contributed by atoms with Gasteiger partial charge in [0.15, 0.2) is 17.5 Å². The molecule has 2 N–H and O–H groups in total. The highest BCUT2D eigenvalue weighted by molar-refractivity contribution is 5.93. The third-order valence-electron chi connectivity index (χ3n) is 5.20. The van der Waals surface area contributed by atoms with Crippen molar-refractivity contribution < 1.29 is 14.2 Å². The smallest absolute Gasteiger partial charge is 0.195 e. The van der Waals surface area contributed by atoms with Crippen molar-refractivity contribution in [2.45, 2.75) is 19.5 Å². The summed E-state index contributed by atoms with van der Waals surface area (Å²) in [4.78, 5) is 6.78. The van der Waals surface area contributed by atoms with Gasteiger partial charge < -0.3 is 24.8 Å². The number of ether oxygens (including phenoxy) is 3. The molecule has 7 heteroatoms. The van der Waals surface area contributed by atoms with E-state index in [0.29, 0.717) is 25.7 Å². The number of nitrogens with one attached hydrogen (secondary N) is 2. The standard InChI is InChI=1S/C23H30N4O3/c1-24-23(26-20-6-7-21-22(15-20)30-11-3-10-29-21)25-16-18-4-2-5-19(14-18)17-27-8-12-28-13-9-27/h2,4-7,14-15H,3,8-13,16-17H2,1H3,(H2,24,25,26). The Bertz CT molecular complexity index is 865. The molecular weight excluding hydrogens is 380 g/mol. The first-order valence-corrected chi connectivity index (χ1v) is 10.6. The second kappa shape index (κ2) is 10.3. The fourth-order valence-corrected chi connectivity index (χ4v) is 3.60. The number of benzene rings is 2. The topological polar surface area (TPSA) is 67.4 Å². The molecule has 0 radical (unpaired) electrons. The number of rotatable bonds is 5. The van der Waals surface area contributed by atoms with Gasteiger partial charge in [0.1, 0.15) is 0 Å². The van der Waals surface area contributed by atoms with E-state index < -0.39 is 0 Å². The molecule has 0 aromatic heterocycles. The largest absolute Gasteiger partial charge is 0.490 e. The maximum atomic E-state index is 5.77. The lowest BCUT2D eigenvalue weighted by Crippen LogP contribution is -2.35. The quantitative estimate of drug-likeness (QED) is 0.584. The molecule has 2 heterocycles. The number of hydrogen-bond donors (Lipinski definition) is 2. The number of morpholine rings is 1. The summed E-state index contributed by atoms with van der Waals surface area (Å²) in [6.07, 6.45) is 0.894. The third-order valence-corrected chi connectivity index (χ3v) is 5.20. The van der Waals surface area contributed by atoms with E-state index in [4.69, 9.17) is 14.2 Å². The van der Waals surface area contributed by atoms with Crippen molar-refractivity contribution in [1.82, 2.24) is 10.2 Å². The maximum absolute atomic E-state index is 5.77. The van der Waals surface area contributed by atoms with Crippen LogP contribution in [-0.2, 0) is 17.8 Å². The highest BCUT2D eigenvalue weighted by Crippen LogP contribution is 2.32. The predicted molar refractivity (Wildman–Crippen MR) is 118 cm³/mol. The van der Waals surface area contributed by atoms with Gasteiger partial charge in [0.2, 0.25) is 0 Å². The molecule has 2 aliphatic heterocycles. The Labute approximate surface area is 178 Å². The number of hydrogen-bond acceptors (Lipinski definition) is 5. The first-order valence-electron chi connectivity index (χ1n) is 10.6. The average molecular weight is 411 g/mol. The van der Waals surface area contributed by atoms with Crippen molar-refractivity contribution >= 4 is 11.6 Å². The lowest BCUT2D eigenvalue weighted by Gasteiger charge is -2.26. The van der Waals surface area contributed by atoms with E-state index in [1.165, 1.54) is 11.1 Å². The Kier molecular flexibility index (Phi) is 7.05. The summed E-state index contributed by atoms with van der Waals surface area (Å²) in [7, 11) is 1.77. The van der Waals surface area contributed by atoms with Crippen LogP contribution in [-0.4, -0.2) is 57.4 Å². The molecule has 0 aliphatic carbocycles. The molecule has 4 rings (SSSR count). The maximum Gasteiger partial charge on any atom is 0.195 e. The van der Waals surface area contributed by atoms with Crippen LogP contribution in [0.4, 0.5) is 5.69 Å². The van der Waals surface area contributed by atoms with Gasteiger partial charge in [-0.3, -0.25) is 9.89 Å². The van der Waals surface area contributed by atoms with Gasteiger partial charge in [-0.2, -0.15) is 0 Å². The zero-order valence-corrected chi connectivity index (χ0v) is 17.5. The Morgan fingerprint density at radius 1 is 0.967 bits per heavy atom. The summed E-state index contributed by atoms with van der Waals surface area (Å²) in [6, 6.07) is 14.6. The lowest BCUT2D eigenvalue weighted by atomic mass is 10.1. The summed E-state index contributed by atoms with van der Waals surface area (Å²) >= 11 is 0. The fraction of sp³-hybridized carbons (Fsp3) is 0.435. The van der Waals surface area contributed by atoms with E-state index in [9.17, 15) is 0 Å². The Balaban J connectivity index is 1.33. The zero-order valence-electron chi connectivity index (χ0n) is 17.5.